The molecule has 4 nitrogen and oxygen atoms in total. The zero-order valence-corrected chi connectivity index (χ0v) is 12.1. The summed E-state index contributed by atoms with van der Waals surface area (Å²) in [4.78, 5) is 7.16. The van der Waals surface area contributed by atoms with Gasteiger partial charge in [-0.25, -0.2) is 4.98 Å². The van der Waals surface area contributed by atoms with Gasteiger partial charge >= 0.3 is 0 Å². The summed E-state index contributed by atoms with van der Waals surface area (Å²) >= 11 is 0. The normalized spacial score (nSPS) is 14.1. The minimum atomic E-state index is 0.247. The summed E-state index contributed by atoms with van der Waals surface area (Å²) in [5.41, 5.74) is 2.31. The Kier molecular flexibility index (Phi) is 5.18. The standard InChI is InChI=1S/C16H23N3O/c1-12(6-7-15-10-17-11-19-15)9-18-13(2)14-4-3-5-16(20)8-14/h3-5,8,10-13,18,20H,6-7,9H2,1-2H3,(H,17,19). The van der Waals surface area contributed by atoms with Gasteiger partial charge in [-0.3, -0.25) is 0 Å². The average Bonchev–Trinajstić information content (AvgIpc) is 2.95. The van der Waals surface area contributed by atoms with Gasteiger partial charge in [0.25, 0.3) is 0 Å². The highest BCUT2D eigenvalue weighted by Gasteiger charge is 2.08. The maximum absolute atomic E-state index is 9.49. The predicted molar refractivity (Wildman–Crippen MR) is 80.6 cm³/mol. The van der Waals surface area contributed by atoms with Gasteiger partial charge in [-0.2, -0.15) is 0 Å². The van der Waals surface area contributed by atoms with Gasteiger partial charge in [0.1, 0.15) is 5.75 Å². The second-order valence-corrected chi connectivity index (χ2v) is 5.45. The number of imidazole rings is 1. The number of phenols is 1. The summed E-state index contributed by atoms with van der Waals surface area (Å²) in [5.74, 6) is 0.918. The molecule has 0 saturated carbocycles. The van der Waals surface area contributed by atoms with Crippen molar-refractivity contribution in [2.45, 2.75) is 32.7 Å². The lowest BCUT2D eigenvalue weighted by molar-refractivity contribution is 0.443. The Morgan fingerprint density at radius 2 is 2.20 bits per heavy atom. The van der Waals surface area contributed by atoms with Crippen LogP contribution in [0.3, 0.4) is 0 Å². The molecule has 3 N–H and O–H groups in total. The lowest BCUT2D eigenvalue weighted by Crippen LogP contribution is -2.24. The number of benzene rings is 1. The van der Waals surface area contributed by atoms with Crippen LogP contribution in [0.1, 0.15) is 37.6 Å². The SMILES string of the molecule is CC(CCc1cnc[nH]1)CNC(C)c1cccc(O)c1. The fourth-order valence-corrected chi connectivity index (χ4v) is 2.22. The predicted octanol–water partition coefficient (Wildman–Crippen LogP) is 3.03. The molecule has 0 fully saturated rings. The number of phenolic OH excluding ortho intramolecular Hbond substituents is 1. The van der Waals surface area contributed by atoms with Crippen LogP contribution in [-0.2, 0) is 6.42 Å². The molecular weight excluding hydrogens is 250 g/mol. The van der Waals surface area contributed by atoms with E-state index in [1.54, 1.807) is 12.4 Å². The molecule has 2 unspecified atom stereocenters. The number of rotatable bonds is 7. The molecule has 2 aromatic rings. The summed E-state index contributed by atoms with van der Waals surface area (Å²) in [6.45, 7) is 5.33. The van der Waals surface area contributed by atoms with Crippen molar-refractivity contribution in [1.82, 2.24) is 15.3 Å². The molecule has 1 aromatic carbocycles. The van der Waals surface area contributed by atoms with Crippen LogP contribution in [0.5, 0.6) is 5.75 Å². The summed E-state index contributed by atoms with van der Waals surface area (Å²) in [7, 11) is 0. The number of aromatic hydroxyl groups is 1. The number of aromatic amines is 1. The van der Waals surface area contributed by atoms with E-state index in [9.17, 15) is 5.11 Å². The Morgan fingerprint density at radius 1 is 1.35 bits per heavy atom. The van der Waals surface area contributed by atoms with Crippen LogP contribution in [0.2, 0.25) is 0 Å². The Hall–Kier alpha value is -1.81. The summed E-state index contributed by atoms with van der Waals surface area (Å²) in [6.07, 6.45) is 5.77. The number of H-pyrrole nitrogens is 1. The first-order valence-corrected chi connectivity index (χ1v) is 7.14. The Labute approximate surface area is 120 Å². The summed E-state index contributed by atoms with van der Waals surface area (Å²) in [5, 5.41) is 13.0. The molecule has 1 heterocycles. The van der Waals surface area contributed by atoms with Crippen molar-refractivity contribution >= 4 is 0 Å². The van der Waals surface area contributed by atoms with Crippen LogP contribution in [0, 0.1) is 5.92 Å². The van der Waals surface area contributed by atoms with Gasteiger partial charge in [0.15, 0.2) is 0 Å². The van der Waals surface area contributed by atoms with E-state index < -0.39 is 0 Å². The molecule has 0 spiro atoms. The molecule has 0 saturated heterocycles. The van der Waals surface area contributed by atoms with Gasteiger partial charge in [-0.15, -0.1) is 0 Å². The highest BCUT2D eigenvalue weighted by molar-refractivity contribution is 5.28. The molecule has 2 atom stereocenters. The van der Waals surface area contributed by atoms with E-state index >= 15 is 0 Å². The van der Waals surface area contributed by atoms with E-state index in [0.717, 1.165) is 24.9 Å². The van der Waals surface area contributed by atoms with Gasteiger partial charge in [-0.05, 0) is 49.9 Å². The first-order valence-electron chi connectivity index (χ1n) is 7.14. The maximum atomic E-state index is 9.49. The zero-order chi connectivity index (χ0) is 14.4. The van der Waals surface area contributed by atoms with Crippen LogP contribution in [-0.4, -0.2) is 21.6 Å². The smallest absolute Gasteiger partial charge is 0.115 e. The number of aryl methyl sites for hydroxylation is 1. The van der Waals surface area contributed by atoms with E-state index in [1.165, 1.54) is 5.69 Å². The van der Waals surface area contributed by atoms with Gasteiger partial charge in [0, 0.05) is 17.9 Å². The third-order valence-corrected chi connectivity index (χ3v) is 3.60. The van der Waals surface area contributed by atoms with Crippen LogP contribution in [0.25, 0.3) is 0 Å². The van der Waals surface area contributed by atoms with Crippen molar-refractivity contribution in [3.8, 4) is 5.75 Å². The van der Waals surface area contributed by atoms with Gasteiger partial charge in [0.05, 0.1) is 6.33 Å². The second kappa shape index (κ2) is 7.10. The van der Waals surface area contributed by atoms with E-state index in [2.05, 4.69) is 29.1 Å². The van der Waals surface area contributed by atoms with Crippen molar-refractivity contribution in [1.29, 1.82) is 0 Å². The van der Waals surface area contributed by atoms with Crippen LogP contribution < -0.4 is 5.32 Å². The maximum Gasteiger partial charge on any atom is 0.115 e. The van der Waals surface area contributed by atoms with Crippen molar-refractivity contribution in [2.24, 2.45) is 5.92 Å². The van der Waals surface area contributed by atoms with Gasteiger partial charge in [-0.1, -0.05) is 19.1 Å². The first-order chi connectivity index (χ1) is 9.65. The van der Waals surface area contributed by atoms with Gasteiger partial charge < -0.3 is 15.4 Å². The minimum absolute atomic E-state index is 0.247. The van der Waals surface area contributed by atoms with Crippen molar-refractivity contribution in [3.05, 3.63) is 48.0 Å². The van der Waals surface area contributed by atoms with E-state index in [1.807, 2.05) is 24.4 Å². The topological polar surface area (TPSA) is 60.9 Å². The fourth-order valence-electron chi connectivity index (χ4n) is 2.22. The van der Waals surface area contributed by atoms with E-state index in [4.69, 9.17) is 0 Å². The number of hydrogen-bond acceptors (Lipinski definition) is 3. The van der Waals surface area contributed by atoms with Crippen LogP contribution >= 0.6 is 0 Å². The Morgan fingerprint density at radius 3 is 2.90 bits per heavy atom. The highest BCUT2D eigenvalue weighted by atomic mass is 16.3. The van der Waals surface area contributed by atoms with Crippen molar-refractivity contribution in [2.75, 3.05) is 6.54 Å². The molecular formula is C16H23N3O. The molecule has 0 amide bonds. The van der Waals surface area contributed by atoms with Crippen molar-refractivity contribution in [3.63, 3.8) is 0 Å². The molecule has 0 radical (unpaired) electrons. The molecule has 0 bridgehead atoms. The van der Waals surface area contributed by atoms with Crippen molar-refractivity contribution < 1.29 is 5.11 Å². The number of nitrogens with one attached hydrogen (secondary N) is 2. The molecule has 1 aromatic heterocycles. The molecule has 0 aliphatic heterocycles. The molecule has 20 heavy (non-hydrogen) atoms. The second-order valence-electron chi connectivity index (χ2n) is 5.45. The first kappa shape index (κ1) is 14.6. The molecule has 0 aliphatic carbocycles. The third kappa shape index (κ3) is 4.38. The molecule has 108 valence electrons. The number of aromatic nitrogens is 2. The average molecular weight is 273 g/mol. The molecule has 0 aliphatic rings. The number of hydrogen-bond donors (Lipinski definition) is 3. The molecule has 2 rings (SSSR count). The lowest BCUT2D eigenvalue weighted by atomic mass is 10.0. The largest absolute Gasteiger partial charge is 0.508 e. The minimum Gasteiger partial charge on any atom is -0.508 e. The Balaban J connectivity index is 1.73. The fraction of sp³-hybridized carbons (Fsp3) is 0.438. The monoisotopic (exact) mass is 273 g/mol. The highest BCUT2D eigenvalue weighted by Crippen LogP contribution is 2.18. The van der Waals surface area contributed by atoms with E-state index in [0.29, 0.717) is 11.7 Å². The third-order valence-electron chi connectivity index (χ3n) is 3.60. The summed E-state index contributed by atoms with van der Waals surface area (Å²) in [6, 6.07) is 7.67. The zero-order valence-electron chi connectivity index (χ0n) is 12.1. The quantitative estimate of drug-likeness (QED) is 0.726. The lowest BCUT2D eigenvalue weighted by Gasteiger charge is -2.18. The van der Waals surface area contributed by atoms with E-state index in [-0.39, 0.29) is 6.04 Å². The van der Waals surface area contributed by atoms with Gasteiger partial charge in [0.2, 0.25) is 0 Å². The summed E-state index contributed by atoms with van der Waals surface area (Å²) < 4.78 is 0. The molecule has 4 heteroatoms. The van der Waals surface area contributed by atoms with Crippen LogP contribution in [0.4, 0.5) is 0 Å². The number of nitrogens with zero attached hydrogens (tertiary/aromatic N) is 1. The Bertz CT molecular complexity index is 510. The van der Waals surface area contributed by atoms with Crippen LogP contribution in [0.15, 0.2) is 36.8 Å².